The quantitative estimate of drug-likeness (QED) is 0.228. The van der Waals surface area contributed by atoms with E-state index < -0.39 is 0 Å². The van der Waals surface area contributed by atoms with Crippen molar-refractivity contribution in [3.8, 4) is 0 Å². The summed E-state index contributed by atoms with van der Waals surface area (Å²) in [6.07, 6.45) is 6.33. The minimum atomic E-state index is -0.0307. The van der Waals surface area contributed by atoms with Crippen LogP contribution in [0.25, 0.3) is 16.8 Å². The number of para-hydroxylation sites is 1. The van der Waals surface area contributed by atoms with Gasteiger partial charge in [-0.25, -0.2) is 0 Å². The SMILES string of the molecule is O=C(/C=C/c1cccc2ccccc12)c1ccccc1/C=N/N1CCc2ccccc21. The first-order chi connectivity index (χ1) is 15.3. The number of hydrazone groups is 1. The Bertz CT molecular complexity index is 1310. The molecule has 0 unspecified atom stereocenters. The van der Waals surface area contributed by atoms with Crippen molar-refractivity contribution in [3.63, 3.8) is 0 Å². The second-order valence-corrected chi connectivity index (χ2v) is 7.60. The maximum Gasteiger partial charge on any atom is 0.186 e. The molecule has 4 aromatic carbocycles. The number of rotatable bonds is 5. The van der Waals surface area contributed by atoms with Gasteiger partial charge in [-0.3, -0.25) is 9.80 Å². The number of fused-ring (bicyclic) bond motifs is 2. The molecule has 0 N–H and O–H groups in total. The molecule has 1 heterocycles. The van der Waals surface area contributed by atoms with Crippen molar-refractivity contribution in [1.82, 2.24) is 0 Å². The number of hydrogen-bond donors (Lipinski definition) is 0. The molecule has 5 rings (SSSR count). The van der Waals surface area contributed by atoms with Crippen LogP contribution in [0.15, 0.2) is 102 Å². The predicted molar refractivity (Wildman–Crippen MR) is 129 cm³/mol. The highest BCUT2D eigenvalue weighted by atomic mass is 16.1. The van der Waals surface area contributed by atoms with Crippen LogP contribution in [0.2, 0.25) is 0 Å². The lowest BCUT2D eigenvalue weighted by Gasteiger charge is -2.12. The summed E-state index contributed by atoms with van der Waals surface area (Å²) in [6, 6.07) is 30.3. The number of hydrogen-bond acceptors (Lipinski definition) is 3. The van der Waals surface area contributed by atoms with Gasteiger partial charge in [0.15, 0.2) is 5.78 Å². The standard InChI is InChI=1S/C28H22N2O/c31-28(17-16-22-12-7-11-21-8-1-4-13-25(21)22)26-14-5-2-10-24(26)20-29-30-19-18-23-9-3-6-15-27(23)30/h1-17,20H,18-19H2/b17-16+,29-20+. The summed E-state index contributed by atoms with van der Waals surface area (Å²) in [5.41, 5.74) is 4.95. The summed E-state index contributed by atoms with van der Waals surface area (Å²) in [5, 5.41) is 8.97. The van der Waals surface area contributed by atoms with Gasteiger partial charge in [-0.2, -0.15) is 5.10 Å². The van der Waals surface area contributed by atoms with Gasteiger partial charge in [0.05, 0.1) is 11.9 Å². The monoisotopic (exact) mass is 402 g/mol. The first kappa shape index (κ1) is 19.0. The van der Waals surface area contributed by atoms with Gasteiger partial charge in [0, 0.05) is 17.7 Å². The summed E-state index contributed by atoms with van der Waals surface area (Å²) in [4.78, 5) is 13.0. The van der Waals surface area contributed by atoms with Gasteiger partial charge >= 0.3 is 0 Å². The van der Waals surface area contributed by atoms with Crippen molar-refractivity contribution >= 4 is 34.5 Å². The summed E-state index contributed by atoms with van der Waals surface area (Å²) < 4.78 is 0. The van der Waals surface area contributed by atoms with Crippen LogP contribution in [0.4, 0.5) is 5.69 Å². The van der Waals surface area contributed by atoms with Crippen LogP contribution in [0, 0.1) is 0 Å². The lowest BCUT2D eigenvalue weighted by molar-refractivity contribution is 0.104. The molecule has 150 valence electrons. The molecule has 3 nitrogen and oxygen atoms in total. The van der Waals surface area contributed by atoms with Crippen LogP contribution in [0.1, 0.15) is 27.0 Å². The number of nitrogens with zero attached hydrogens (tertiary/aromatic N) is 2. The Morgan fingerprint density at radius 1 is 0.806 bits per heavy atom. The molecule has 0 atom stereocenters. The summed E-state index contributed by atoms with van der Waals surface area (Å²) in [5.74, 6) is -0.0307. The third-order valence-corrected chi connectivity index (χ3v) is 5.66. The molecule has 0 radical (unpaired) electrons. The molecule has 0 amide bonds. The zero-order valence-electron chi connectivity index (χ0n) is 17.1. The van der Waals surface area contributed by atoms with Crippen molar-refractivity contribution in [1.29, 1.82) is 0 Å². The number of carbonyl (C=O) groups excluding carboxylic acids is 1. The second kappa shape index (κ2) is 8.41. The summed E-state index contributed by atoms with van der Waals surface area (Å²) in [6.45, 7) is 0.854. The number of anilines is 1. The molecular formula is C28H22N2O. The first-order valence-corrected chi connectivity index (χ1v) is 10.5. The van der Waals surface area contributed by atoms with Crippen LogP contribution < -0.4 is 5.01 Å². The Hall–Kier alpha value is -3.98. The van der Waals surface area contributed by atoms with E-state index in [9.17, 15) is 4.79 Å². The van der Waals surface area contributed by atoms with Crippen molar-refractivity contribution in [2.75, 3.05) is 11.6 Å². The van der Waals surface area contributed by atoms with Gasteiger partial charge in [0.1, 0.15) is 0 Å². The molecule has 0 saturated heterocycles. The molecule has 0 bridgehead atoms. The molecule has 1 aliphatic heterocycles. The number of carbonyl (C=O) groups is 1. The molecule has 0 aromatic heterocycles. The van der Waals surface area contributed by atoms with Crippen molar-refractivity contribution in [3.05, 3.63) is 119 Å². The minimum absolute atomic E-state index is 0.0307. The highest BCUT2D eigenvalue weighted by molar-refractivity contribution is 6.12. The van der Waals surface area contributed by atoms with E-state index in [1.54, 1.807) is 12.3 Å². The van der Waals surface area contributed by atoms with Crippen LogP contribution in [0.3, 0.4) is 0 Å². The van der Waals surface area contributed by atoms with E-state index in [1.807, 2.05) is 65.7 Å². The van der Waals surface area contributed by atoms with E-state index in [0.717, 1.165) is 40.6 Å². The average Bonchev–Trinajstić information content (AvgIpc) is 3.24. The van der Waals surface area contributed by atoms with E-state index in [1.165, 1.54) is 5.56 Å². The van der Waals surface area contributed by atoms with Crippen molar-refractivity contribution < 1.29 is 4.79 Å². The van der Waals surface area contributed by atoms with Crippen LogP contribution in [-0.2, 0) is 6.42 Å². The molecule has 0 saturated carbocycles. The largest absolute Gasteiger partial charge is 0.289 e. The smallest absolute Gasteiger partial charge is 0.186 e. The molecule has 0 fully saturated rings. The Balaban J connectivity index is 1.40. The fourth-order valence-corrected chi connectivity index (χ4v) is 4.06. The second-order valence-electron chi connectivity index (χ2n) is 7.60. The van der Waals surface area contributed by atoms with Gasteiger partial charge < -0.3 is 0 Å². The van der Waals surface area contributed by atoms with E-state index in [2.05, 4.69) is 41.5 Å². The first-order valence-electron chi connectivity index (χ1n) is 10.5. The normalized spacial score (nSPS) is 13.4. The lowest BCUT2D eigenvalue weighted by Crippen LogP contribution is -2.13. The molecule has 0 aliphatic carbocycles. The van der Waals surface area contributed by atoms with Gasteiger partial charge in [-0.15, -0.1) is 0 Å². The highest BCUT2D eigenvalue weighted by Gasteiger charge is 2.17. The molecule has 4 aromatic rings. The zero-order chi connectivity index (χ0) is 21.0. The summed E-state index contributed by atoms with van der Waals surface area (Å²) >= 11 is 0. The van der Waals surface area contributed by atoms with E-state index >= 15 is 0 Å². The topological polar surface area (TPSA) is 32.7 Å². The summed E-state index contributed by atoms with van der Waals surface area (Å²) in [7, 11) is 0. The average molecular weight is 402 g/mol. The number of ketones is 1. The van der Waals surface area contributed by atoms with Crippen molar-refractivity contribution in [2.45, 2.75) is 6.42 Å². The number of allylic oxidation sites excluding steroid dienone is 1. The number of benzene rings is 4. The van der Waals surface area contributed by atoms with Crippen molar-refractivity contribution in [2.24, 2.45) is 5.10 Å². The molecular weight excluding hydrogens is 380 g/mol. The Kier molecular flexibility index (Phi) is 5.16. The third-order valence-electron chi connectivity index (χ3n) is 5.66. The Morgan fingerprint density at radius 2 is 1.55 bits per heavy atom. The van der Waals surface area contributed by atoms with Crippen LogP contribution in [-0.4, -0.2) is 18.5 Å². The van der Waals surface area contributed by atoms with E-state index in [4.69, 9.17) is 0 Å². The fourth-order valence-electron chi connectivity index (χ4n) is 4.06. The van der Waals surface area contributed by atoms with Crippen LogP contribution >= 0.6 is 0 Å². The lowest BCUT2D eigenvalue weighted by atomic mass is 10.0. The van der Waals surface area contributed by atoms with Crippen LogP contribution in [0.5, 0.6) is 0 Å². The van der Waals surface area contributed by atoms with Gasteiger partial charge in [-0.1, -0.05) is 91.0 Å². The van der Waals surface area contributed by atoms with E-state index in [0.29, 0.717) is 5.56 Å². The maximum atomic E-state index is 13.0. The van der Waals surface area contributed by atoms with Gasteiger partial charge in [0.2, 0.25) is 0 Å². The predicted octanol–water partition coefficient (Wildman–Crippen LogP) is 6.13. The zero-order valence-corrected chi connectivity index (χ0v) is 17.1. The Morgan fingerprint density at radius 3 is 2.52 bits per heavy atom. The molecule has 3 heteroatoms. The van der Waals surface area contributed by atoms with Gasteiger partial charge in [0.25, 0.3) is 0 Å². The van der Waals surface area contributed by atoms with E-state index in [-0.39, 0.29) is 5.78 Å². The third kappa shape index (κ3) is 3.90. The minimum Gasteiger partial charge on any atom is -0.289 e. The fraction of sp³-hybridized carbons (Fsp3) is 0.0714. The molecule has 31 heavy (non-hydrogen) atoms. The maximum absolute atomic E-state index is 13.0. The highest BCUT2D eigenvalue weighted by Crippen LogP contribution is 2.27. The molecule has 1 aliphatic rings. The van der Waals surface area contributed by atoms with Gasteiger partial charge in [-0.05, 0) is 40.5 Å². The molecule has 0 spiro atoms. The Labute approximate surface area is 182 Å².